The number of anilines is 1. The number of aliphatic imine (C=N–C) groups is 1. The number of thioether (sulfide) groups is 1. The molecule has 0 spiro atoms. The summed E-state index contributed by atoms with van der Waals surface area (Å²) in [5.74, 6) is -2.27. The number of hydrazine groups is 1. The van der Waals surface area contributed by atoms with Crippen molar-refractivity contribution in [1.82, 2.24) is 10.3 Å². The molecule has 0 saturated heterocycles. The number of rotatable bonds is 12. The molecule has 0 aromatic heterocycles. The Bertz CT molecular complexity index is 1380. The number of thiol groups is 1. The first-order valence-electron chi connectivity index (χ1n) is 14.9. The average Bonchev–Trinajstić information content (AvgIpc) is 3.15. The molecule has 2 amide bonds. The van der Waals surface area contributed by atoms with Crippen LogP contribution in [0.25, 0.3) is 0 Å². The highest BCUT2D eigenvalue weighted by Gasteiger charge is 2.54. The molecule has 1 fully saturated rings. The van der Waals surface area contributed by atoms with E-state index in [1.807, 2.05) is 36.6 Å². The van der Waals surface area contributed by atoms with Crippen molar-refractivity contribution in [3.05, 3.63) is 65.7 Å². The van der Waals surface area contributed by atoms with E-state index < -0.39 is 41.3 Å². The number of likely N-dealkylation sites (N-methyl/N-ethyl adjacent to an activating group) is 1. The number of hydrogen-bond acceptors (Lipinski definition) is 10. The van der Waals surface area contributed by atoms with Gasteiger partial charge in [-0.15, -0.1) is 0 Å². The number of para-hydroxylation sites is 1. The van der Waals surface area contributed by atoms with Crippen LogP contribution >= 0.6 is 24.4 Å². The monoisotopic (exact) mass is 639 g/mol. The molecule has 2 aromatic carbocycles. The topological polar surface area (TPSA) is 134 Å². The third-order valence-corrected chi connectivity index (χ3v) is 9.04. The number of carbonyl (C=O) groups is 4. The van der Waals surface area contributed by atoms with Gasteiger partial charge in [-0.1, -0.05) is 55.0 Å². The molecule has 236 valence electrons. The molecule has 2 aromatic rings. The first-order chi connectivity index (χ1) is 21.2. The molecule has 12 heteroatoms. The number of nitrogens with two attached hydrogens (primary N) is 1. The van der Waals surface area contributed by atoms with Crippen LogP contribution in [-0.2, 0) is 23.9 Å². The summed E-state index contributed by atoms with van der Waals surface area (Å²) < 4.78 is 5.98. The van der Waals surface area contributed by atoms with Crippen molar-refractivity contribution in [2.45, 2.75) is 69.3 Å². The van der Waals surface area contributed by atoms with Crippen LogP contribution in [0, 0.1) is 0 Å². The molecule has 0 radical (unpaired) electrons. The number of benzene rings is 2. The molecular weight excluding hydrogens is 599 g/mol. The molecule has 4 rings (SSSR count). The fraction of sp³-hybridized carbons (Fsp3) is 0.469. The Kier molecular flexibility index (Phi) is 11.6. The molecule has 1 heterocycles. The number of nitrogens with one attached hydrogen (secondary N) is 1. The average molecular weight is 640 g/mol. The van der Waals surface area contributed by atoms with Crippen LogP contribution in [0.5, 0.6) is 0 Å². The van der Waals surface area contributed by atoms with Gasteiger partial charge < -0.3 is 10.5 Å². The van der Waals surface area contributed by atoms with E-state index in [2.05, 4.69) is 17.9 Å². The molecule has 1 aliphatic heterocycles. The number of nitrogens with zero attached hydrogens (tertiary/aromatic N) is 3. The fourth-order valence-electron chi connectivity index (χ4n) is 5.72. The van der Waals surface area contributed by atoms with E-state index >= 15 is 0 Å². The molecule has 10 nitrogen and oxygen atoms in total. The zero-order valence-corrected chi connectivity index (χ0v) is 27.1. The molecule has 2 unspecified atom stereocenters. The van der Waals surface area contributed by atoms with Gasteiger partial charge in [0.05, 0.1) is 17.4 Å². The second kappa shape index (κ2) is 15.2. The normalized spacial score (nSPS) is 20.2. The highest BCUT2D eigenvalue weighted by molar-refractivity contribution is 7.98. The van der Waals surface area contributed by atoms with Gasteiger partial charge >= 0.3 is 5.97 Å². The molecule has 3 N–H and O–H groups in total. The lowest BCUT2D eigenvalue weighted by atomic mass is 9.97. The van der Waals surface area contributed by atoms with Crippen LogP contribution in [0.15, 0.2) is 59.6 Å². The lowest BCUT2D eigenvalue weighted by molar-refractivity contribution is -0.162. The summed E-state index contributed by atoms with van der Waals surface area (Å²) in [6, 6.07) is 13.8. The Morgan fingerprint density at radius 3 is 2.41 bits per heavy atom. The first-order valence-corrected chi connectivity index (χ1v) is 16.9. The Hall–Kier alpha value is -3.19. The number of fused-ring (bicyclic) bond motifs is 1. The minimum absolute atomic E-state index is 0.0425. The number of Topliss-reactive ketones (excluding diaryl/α,β-unsaturated/α-hetero) is 1. The lowest BCUT2D eigenvalue weighted by Gasteiger charge is -2.42. The van der Waals surface area contributed by atoms with Crippen LogP contribution in [0.1, 0.15) is 56.6 Å². The second-order valence-electron chi connectivity index (χ2n) is 10.9. The maximum Gasteiger partial charge on any atom is 0.331 e. The largest absolute Gasteiger partial charge is 0.461 e. The SMILES string of the molecule is CNC1(C(=O)C(N)CS)N=C(c2ccccc2)c2ccccc2N(N(C(C)=O)[C@@H](CCSC)C(=O)OC2CCCCC2)C1=O. The molecule has 3 atom stereocenters. The first kappa shape index (κ1) is 33.7. The Balaban J connectivity index is 1.96. The predicted molar refractivity (Wildman–Crippen MR) is 177 cm³/mol. The van der Waals surface area contributed by atoms with Gasteiger partial charge in [0.1, 0.15) is 6.10 Å². The Morgan fingerprint density at radius 1 is 1.14 bits per heavy atom. The van der Waals surface area contributed by atoms with Crippen molar-refractivity contribution >= 4 is 59.4 Å². The summed E-state index contributed by atoms with van der Waals surface area (Å²) in [6.07, 6.45) is 6.37. The summed E-state index contributed by atoms with van der Waals surface area (Å²) in [4.78, 5) is 61.4. The van der Waals surface area contributed by atoms with E-state index in [1.165, 1.54) is 25.7 Å². The van der Waals surface area contributed by atoms with Crippen LogP contribution in [0.2, 0.25) is 0 Å². The van der Waals surface area contributed by atoms with E-state index in [4.69, 9.17) is 15.5 Å². The molecule has 2 aliphatic rings. The van der Waals surface area contributed by atoms with Gasteiger partial charge in [-0.3, -0.25) is 19.7 Å². The fourth-order valence-corrected chi connectivity index (χ4v) is 6.34. The van der Waals surface area contributed by atoms with Crippen molar-refractivity contribution in [3.8, 4) is 0 Å². The van der Waals surface area contributed by atoms with Crippen LogP contribution in [0.4, 0.5) is 5.69 Å². The summed E-state index contributed by atoms with van der Waals surface area (Å²) in [7, 11) is 1.45. The third kappa shape index (κ3) is 6.88. The van der Waals surface area contributed by atoms with Crippen LogP contribution in [0.3, 0.4) is 0 Å². The van der Waals surface area contributed by atoms with Gasteiger partial charge in [-0.25, -0.2) is 19.8 Å². The van der Waals surface area contributed by atoms with Crippen molar-refractivity contribution in [1.29, 1.82) is 0 Å². The molecule has 1 saturated carbocycles. The molecule has 0 bridgehead atoms. The van der Waals surface area contributed by atoms with Gasteiger partial charge in [0.2, 0.25) is 11.7 Å². The number of carbonyl (C=O) groups excluding carboxylic acids is 4. The maximum absolute atomic E-state index is 14.9. The van der Waals surface area contributed by atoms with E-state index in [0.29, 0.717) is 28.3 Å². The molecular formula is C32H41N5O5S2. The smallest absolute Gasteiger partial charge is 0.331 e. The van der Waals surface area contributed by atoms with E-state index in [9.17, 15) is 19.2 Å². The van der Waals surface area contributed by atoms with Gasteiger partial charge in [0.25, 0.3) is 11.6 Å². The maximum atomic E-state index is 14.9. The number of esters is 1. The number of ketones is 1. The van der Waals surface area contributed by atoms with E-state index in [1.54, 1.807) is 24.3 Å². The van der Waals surface area contributed by atoms with Crippen molar-refractivity contribution in [2.75, 3.05) is 29.8 Å². The molecule has 1 aliphatic carbocycles. The minimum Gasteiger partial charge on any atom is -0.461 e. The number of benzodiazepines with no additional fused rings is 1. The predicted octanol–water partition coefficient (Wildman–Crippen LogP) is 3.37. The molecule has 44 heavy (non-hydrogen) atoms. The highest BCUT2D eigenvalue weighted by Crippen LogP contribution is 2.35. The number of ether oxygens (including phenoxy) is 1. The van der Waals surface area contributed by atoms with Gasteiger partial charge in [0.15, 0.2) is 6.04 Å². The standard InChI is InChI=1S/C32H41N5O5S2/c1-21(38)36(27(18-19-44-3)30(40)42-23-14-8-5-9-15-23)37-26-17-11-10-16-24(26)28(22-12-6-4-7-13-22)35-32(34-2,31(37)41)29(39)25(33)20-43/h4,6-7,10-13,16-17,23,25,27,34,43H,5,8-9,14-15,18-20,33H2,1-3H3/t25?,27-,32?/m0/s1. The number of amides is 2. The van der Waals surface area contributed by atoms with Gasteiger partial charge in [-0.2, -0.15) is 24.4 Å². The number of hydrogen-bond donors (Lipinski definition) is 3. The van der Waals surface area contributed by atoms with E-state index in [0.717, 1.165) is 42.1 Å². The van der Waals surface area contributed by atoms with Crippen molar-refractivity contribution in [2.24, 2.45) is 10.7 Å². The quantitative estimate of drug-likeness (QED) is 0.183. The minimum atomic E-state index is -2.24. The summed E-state index contributed by atoms with van der Waals surface area (Å²) in [5.41, 5.74) is 5.74. The zero-order valence-electron chi connectivity index (χ0n) is 25.4. The summed E-state index contributed by atoms with van der Waals surface area (Å²) in [6.45, 7) is 1.29. The lowest BCUT2D eigenvalue weighted by Crippen LogP contribution is -2.69. The summed E-state index contributed by atoms with van der Waals surface area (Å²) >= 11 is 5.74. The Labute approximate surface area is 268 Å². The third-order valence-electron chi connectivity index (χ3n) is 8.00. The zero-order chi connectivity index (χ0) is 31.9. The van der Waals surface area contributed by atoms with Gasteiger partial charge in [0, 0.05) is 23.8 Å². The van der Waals surface area contributed by atoms with Gasteiger partial charge in [-0.05, 0) is 57.2 Å². The summed E-state index contributed by atoms with van der Waals surface area (Å²) in [5, 5.41) is 5.12. The highest BCUT2D eigenvalue weighted by atomic mass is 32.2. The second-order valence-corrected chi connectivity index (χ2v) is 12.3. The van der Waals surface area contributed by atoms with Crippen molar-refractivity contribution < 1.29 is 23.9 Å². The van der Waals surface area contributed by atoms with E-state index in [-0.39, 0.29) is 18.3 Å². The van der Waals surface area contributed by atoms with Crippen LogP contribution in [-0.4, -0.2) is 82.9 Å². The Morgan fingerprint density at radius 2 is 1.80 bits per heavy atom. The van der Waals surface area contributed by atoms with Crippen LogP contribution < -0.4 is 16.1 Å². The van der Waals surface area contributed by atoms with Crippen molar-refractivity contribution in [3.63, 3.8) is 0 Å².